The van der Waals surface area contributed by atoms with E-state index in [1.807, 2.05) is 12.1 Å². The van der Waals surface area contributed by atoms with E-state index in [2.05, 4.69) is 4.90 Å². The molecule has 0 amide bonds. The quantitative estimate of drug-likeness (QED) is 0.557. The standard InChI is InChI=1S/C21H27ClF3N3O2S/c22-20-12-18(7-6-17(20)13-26)28(14-16-4-2-1-3-5-16)19-8-10-27(15-19)31(29,30)11-9-21(23,24)25/h6-7,12,16,19H,1-5,8-11,14-15H2/t19-/m0/s1. The van der Waals surface area contributed by atoms with Gasteiger partial charge in [0, 0.05) is 31.4 Å². The maximum atomic E-state index is 12.5. The van der Waals surface area contributed by atoms with Gasteiger partial charge in [0.05, 0.1) is 22.8 Å². The fraction of sp³-hybridized carbons (Fsp3) is 0.667. The van der Waals surface area contributed by atoms with E-state index in [1.165, 1.54) is 10.7 Å². The molecule has 0 bridgehead atoms. The monoisotopic (exact) mass is 477 g/mol. The molecule has 2 aliphatic rings. The molecular formula is C21H27ClF3N3O2S. The summed E-state index contributed by atoms with van der Waals surface area (Å²) in [6, 6.07) is 7.08. The predicted molar refractivity (Wildman–Crippen MR) is 115 cm³/mol. The number of sulfonamides is 1. The number of nitriles is 1. The average molecular weight is 478 g/mol. The van der Waals surface area contributed by atoms with Crippen LogP contribution in [0.2, 0.25) is 5.02 Å². The van der Waals surface area contributed by atoms with E-state index in [0.29, 0.717) is 22.9 Å². The van der Waals surface area contributed by atoms with Crippen molar-refractivity contribution in [1.82, 2.24) is 4.31 Å². The Morgan fingerprint density at radius 2 is 1.90 bits per heavy atom. The van der Waals surface area contributed by atoms with Crippen molar-refractivity contribution in [2.45, 2.75) is 57.2 Å². The Balaban J connectivity index is 1.78. The molecule has 1 saturated carbocycles. The van der Waals surface area contributed by atoms with E-state index in [1.54, 1.807) is 12.1 Å². The Kier molecular flexibility index (Phi) is 7.76. The average Bonchev–Trinajstić information content (AvgIpc) is 3.22. The fourth-order valence-electron chi connectivity index (χ4n) is 4.48. The van der Waals surface area contributed by atoms with Crippen LogP contribution in [-0.2, 0) is 10.0 Å². The van der Waals surface area contributed by atoms with Crippen LogP contribution in [0, 0.1) is 17.2 Å². The summed E-state index contributed by atoms with van der Waals surface area (Å²) in [4.78, 5) is 2.14. The Labute approximate surface area is 186 Å². The molecule has 3 rings (SSSR count). The summed E-state index contributed by atoms with van der Waals surface area (Å²) < 4.78 is 63.7. The van der Waals surface area contributed by atoms with Gasteiger partial charge in [0.1, 0.15) is 6.07 Å². The van der Waals surface area contributed by atoms with Crippen molar-refractivity contribution in [3.8, 4) is 6.07 Å². The second-order valence-corrected chi connectivity index (χ2v) is 10.9. The van der Waals surface area contributed by atoms with Gasteiger partial charge in [-0.15, -0.1) is 0 Å². The van der Waals surface area contributed by atoms with Crippen molar-refractivity contribution in [2.24, 2.45) is 5.92 Å². The molecule has 1 atom stereocenters. The van der Waals surface area contributed by atoms with Crippen LogP contribution < -0.4 is 4.90 Å². The van der Waals surface area contributed by atoms with Gasteiger partial charge in [-0.2, -0.15) is 22.7 Å². The van der Waals surface area contributed by atoms with Crippen LogP contribution in [0.3, 0.4) is 0 Å². The van der Waals surface area contributed by atoms with Gasteiger partial charge >= 0.3 is 6.18 Å². The summed E-state index contributed by atoms with van der Waals surface area (Å²) in [5.74, 6) is -0.451. The van der Waals surface area contributed by atoms with Gasteiger partial charge in [0.25, 0.3) is 0 Å². The van der Waals surface area contributed by atoms with Crippen LogP contribution in [0.5, 0.6) is 0 Å². The molecular weight excluding hydrogens is 451 g/mol. The van der Waals surface area contributed by atoms with E-state index in [9.17, 15) is 21.6 Å². The maximum Gasteiger partial charge on any atom is 0.390 e. The lowest BCUT2D eigenvalue weighted by Gasteiger charge is -2.36. The van der Waals surface area contributed by atoms with Gasteiger partial charge in [0.15, 0.2) is 0 Å². The first-order valence-electron chi connectivity index (χ1n) is 10.6. The van der Waals surface area contributed by atoms with Crippen LogP contribution in [0.4, 0.5) is 18.9 Å². The molecule has 31 heavy (non-hydrogen) atoms. The van der Waals surface area contributed by atoms with Crippen molar-refractivity contribution in [2.75, 3.05) is 30.3 Å². The Morgan fingerprint density at radius 3 is 2.52 bits per heavy atom. The molecule has 1 aliphatic heterocycles. The van der Waals surface area contributed by atoms with Gasteiger partial charge in [-0.1, -0.05) is 30.9 Å². The minimum absolute atomic E-state index is 0.147. The summed E-state index contributed by atoms with van der Waals surface area (Å²) in [6.45, 7) is 1.10. The molecule has 0 aromatic heterocycles. The summed E-state index contributed by atoms with van der Waals surface area (Å²) in [5, 5.41) is 9.49. The van der Waals surface area contributed by atoms with Gasteiger partial charge in [-0.3, -0.25) is 0 Å². The number of benzene rings is 1. The van der Waals surface area contributed by atoms with Crippen LogP contribution in [0.15, 0.2) is 18.2 Å². The second-order valence-electron chi connectivity index (χ2n) is 8.41. The zero-order chi connectivity index (χ0) is 22.6. The topological polar surface area (TPSA) is 64.4 Å². The molecule has 1 heterocycles. The first kappa shape index (κ1) is 24.1. The van der Waals surface area contributed by atoms with Crippen molar-refractivity contribution in [1.29, 1.82) is 5.26 Å². The number of rotatable bonds is 7. The van der Waals surface area contributed by atoms with Crippen LogP contribution in [-0.4, -0.2) is 50.3 Å². The molecule has 10 heteroatoms. The molecule has 0 N–H and O–H groups in total. The molecule has 1 aromatic carbocycles. The third-order valence-corrected chi connectivity index (χ3v) is 8.34. The first-order valence-corrected chi connectivity index (χ1v) is 12.6. The Morgan fingerprint density at radius 1 is 1.19 bits per heavy atom. The molecule has 0 unspecified atom stereocenters. The zero-order valence-corrected chi connectivity index (χ0v) is 18.8. The van der Waals surface area contributed by atoms with E-state index < -0.39 is 28.4 Å². The van der Waals surface area contributed by atoms with Crippen molar-refractivity contribution in [3.63, 3.8) is 0 Å². The highest BCUT2D eigenvalue weighted by atomic mass is 35.5. The molecule has 1 aromatic rings. The maximum absolute atomic E-state index is 12.5. The highest BCUT2D eigenvalue weighted by Crippen LogP contribution is 2.33. The number of halogens is 4. The highest BCUT2D eigenvalue weighted by Gasteiger charge is 2.38. The predicted octanol–water partition coefficient (Wildman–Crippen LogP) is 4.95. The Bertz CT molecular complexity index is 911. The molecule has 0 spiro atoms. The minimum atomic E-state index is -4.50. The SMILES string of the molecule is N#Cc1ccc(N(CC2CCCCC2)[C@H]2CCN(S(=O)(=O)CCC(F)(F)F)C2)cc1Cl. The third-order valence-electron chi connectivity index (χ3n) is 6.19. The number of alkyl halides is 3. The molecule has 0 radical (unpaired) electrons. The first-order chi connectivity index (χ1) is 14.6. The van der Waals surface area contributed by atoms with Crippen molar-refractivity contribution >= 4 is 27.3 Å². The molecule has 2 fully saturated rings. The third kappa shape index (κ3) is 6.50. The highest BCUT2D eigenvalue weighted by molar-refractivity contribution is 7.89. The molecule has 1 aliphatic carbocycles. The van der Waals surface area contributed by atoms with E-state index in [0.717, 1.165) is 37.9 Å². The number of anilines is 1. The van der Waals surface area contributed by atoms with E-state index in [4.69, 9.17) is 16.9 Å². The lowest BCUT2D eigenvalue weighted by Crippen LogP contribution is -2.42. The lowest BCUT2D eigenvalue weighted by atomic mass is 9.88. The van der Waals surface area contributed by atoms with Crippen LogP contribution in [0.25, 0.3) is 0 Å². The zero-order valence-electron chi connectivity index (χ0n) is 17.2. The summed E-state index contributed by atoms with van der Waals surface area (Å²) in [7, 11) is -3.98. The van der Waals surface area contributed by atoms with E-state index in [-0.39, 0.29) is 19.1 Å². The normalized spacial score (nSPS) is 21.2. The summed E-state index contributed by atoms with van der Waals surface area (Å²) >= 11 is 6.25. The van der Waals surface area contributed by atoms with Gasteiger partial charge < -0.3 is 4.90 Å². The number of hydrogen-bond donors (Lipinski definition) is 0. The Hall–Kier alpha value is -1.50. The van der Waals surface area contributed by atoms with Gasteiger partial charge in [0.2, 0.25) is 10.0 Å². The van der Waals surface area contributed by atoms with Crippen LogP contribution >= 0.6 is 11.6 Å². The van der Waals surface area contributed by atoms with Gasteiger partial charge in [-0.25, -0.2) is 8.42 Å². The summed E-state index contributed by atoms with van der Waals surface area (Å²) in [6.07, 6.45) is 0.432. The molecule has 5 nitrogen and oxygen atoms in total. The smallest absolute Gasteiger partial charge is 0.367 e. The number of nitrogens with zero attached hydrogens (tertiary/aromatic N) is 3. The molecule has 172 valence electrons. The van der Waals surface area contributed by atoms with Crippen LogP contribution in [0.1, 0.15) is 50.5 Å². The molecule has 1 saturated heterocycles. The minimum Gasteiger partial charge on any atom is -0.367 e. The van der Waals surface area contributed by atoms with E-state index >= 15 is 0 Å². The van der Waals surface area contributed by atoms with Gasteiger partial charge in [-0.05, 0) is 43.4 Å². The fourth-order valence-corrected chi connectivity index (χ4v) is 6.23. The van der Waals surface area contributed by atoms with Crippen molar-refractivity contribution in [3.05, 3.63) is 28.8 Å². The summed E-state index contributed by atoms with van der Waals surface area (Å²) in [5.41, 5.74) is 1.18. The second kappa shape index (κ2) is 9.97. The largest absolute Gasteiger partial charge is 0.390 e. The van der Waals surface area contributed by atoms with Crippen molar-refractivity contribution < 1.29 is 21.6 Å². The number of hydrogen-bond acceptors (Lipinski definition) is 4. The lowest BCUT2D eigenvalue weighted by molar-refractivity contribution is -0.130.